The topological polar surface area (TPSA) is 26.3 Å². The summed E-state index contributed by atoms with van der Waals surface area (Å²) in [5.74, 6) is 0.782. The fourth-order valence-electron chi connectivity index (χ4n) is 2.31. The second-order valence-corrected chi connectivity index (χ2v) is 5.44. The highest BCUT2D eigenvalue weighted by molar-refractivity contribution is 5.99. The molecule has 0 radical (unpaired) electrons. The Hall–Kier alpha value is -2.09. The van der Waals surface area contributed by atoms with E-state index in [0.717, 1.165) is 17.7 Å². The van der Waals surface area contributed by atoms with Gasteiger partial charge in [0.15, 0.2) is 6.10 Å². The van der Waals surface area contributed by atoms with Gasteiger partial charge in [0.05, 0.1) is 0 Å². The van der Waals surface area contributed by atoms with E-state index in [4.69, 9.17) is 4.74 Å². The third-order valence-electron chi connectivity index (χ3n) is 3.65. The van der Waals surface area contributed by atoms with E-state index in [1.807, 2.05) is 50.2 Å². The zero-order chi connectivity index (χ0) is 15.4. The van der Waals surface area contributed by atoms with Crippen molar-refractivity contribution in [2.24, 2.45) is 0 Å². The van der Waals surface area contributed by atoms with Gasteiger partial charge in [-0.25, -0.2) is 0 Å². The Morgan fingerprint density at radius 1 is 1.10 bits per heavy atom. The number of Topliss-reactive ketones (excluding diaryl/α,β-unsaturated/α-hetero) is 1. The Morgan fingerprint density at radius 3 is 2.33 bits per heavy atom. The molecule has 0 saturated heterocycles. The molecule has 21 heavy (non-hydrogen) atoms. The maximum absolute atomic E-state index is 12.4. The van der Waals surface area contributed by atoms with Gasteiger partial charge in [-0.05, 0) is 44.4 Å². The third-order valence-corrected chi connectivity index (χ3v) is 3.65. The maximum Gasteiger partial charge on any atom is 0.202 e. The van der Waals surface area contributed by atoms with Gasteiger partial charge in [0.2, 0.25) is 5.78 Å². The minimum atomic E-state index is -0.487. The zero-order valence-corrected chi connectivity index (χ0v) is 13.1. The summed E-state index contributed by atoms with van der Waals surface area (Å²) < 4.78 is 5.82. The molecule has 0 aromatic heterocycles. The van der Waals surface area contributed by atoms with Crippen molar-refractivity contribution < 1.29 is 9.53 Å². The van der Waals surface area contributed by atoms with Crippen molar-refractivity contribution in [3.05, 3.63) is 64.7 Å². The van der Waals surface area contributed by atoms with E-state index in [0.29, 0.717) is 5.56 Å². The summed E-state index contributed by atoms with van der Waals surface area (Å²) in [6.45, 7) is 7.94. The number of ether oxygens (including phenoxy) is 1. The Balaban J connectivity index is 2.11. The van der Waals surface area contributed by atoms with Gasteiger partial charge in [0, 0.05) is 5.56 Å². The number of hydrogen-bond donors (Lipinski definition) is 0. The van der Waals surface area contributed by atoms with Crippen LogP contribution >= 0.6 is 0 Å². The number of carbonyl (C=O) groups excluding carboxylic acids is 1. The molecule has 0 aliphatic rings. The molecule has 0 aliphatic carbocycles. The predicted molar refractivity (Wildman–Crippen MR) is 86.2 cm³/mol. The van der Waals surface area contributed by atoms with E-state index in [1.165, 1.54) is 11.1 Å². The van der Waals surface area contributed by atoms with Gasteiger partial charge in [-0.15, -0.1) is 0 Å². The number of hydrogen-bond acceptors (Lipinski definition) is 2. The lowest BCUT2D eigenvalue weighted by atomic mass is 10.0. The van der Waals surface area contributed by atoms with Gasteiger partial charge in [0.1, 0.15) is 5.75 Å². The molecule has 0 fully saturated rings. The first-order valence-electron chi connectivity index (χ1n) is 7.38. The lowest BCUT2D eigenvalue weighted by Crippen LogP contribution is -2.24. The first kappa shape index (κ1) is 15.3. The molecule has 0 spiro atoms. The predicted octanol–water partition coefficient (Wildman–Crippen LogP) is 4.52. The van der Waals surface area contributed by atoms with Crippen molar-refractivity contribution in [2.45, 2.75) is 40.2 Å². The highest BCUT2D eigenvalue weighted by Gasteiger charge is 2.17. The van der Waals surface area contributed by atoms with Gasteiger partial charge in [-0.1, -0.05) is 48.9 Å². The van der Waals surface area contributed by atoms with Crippen molar-refractivity contribution in [2.75, 3.05) is 0 Å². The van der Waals surface area contributed by atoms with Crippen molar-refractivity contribution >= 4 is 5.78 Å². The Labute approximate surface area is 126 Å². The standard InChI is InChI=1S/C19H22O2/c1-5-16-7-9-17(10-8-16)19(20)15(4)21-18-11-6-13(2)12-14(18)3/h6-12,15H,5H2,1-4H3. The van der Waals surface area contributed by atoms with Crippen LogP contribution in [0.5, 0.6) is 5.75 Å². The molecule has 0 saturated carbocycles. The molecule has 2 aromatic carbocycles. The summed E-state index contributed by atoms with van der Waals surface area (Å²) in [5, 5.41) is 0. The van der Waals surface area contributed by atoms with Crippen LogP contribution in [0, 0.1) is 13.8 Å². The number of aryl methyl sites for hydroxylation is 3. The highest BCUT2D eigenvalue weighted by Crippen LogP contribution is 2.21. The van der Waals surface area contributed by atoms with E-state index in [9.17, 15) is 4.79 Å². The zero-order valence-electron chi connectivity index (χ0n) is 13.1. The van der Waals surface area contributed by atoms with Gasteiger partial charge < -0.3 is 4.74 Å². The van der Waals surface area contributed by atoms with Crippen LogP contribution in [0.1, 0.15) is 40.9 Å². The first-order chi connectivity index (χ1) is 10.0. The highest BCUT2D eigenvalue weighted by atomic mass is 16.5. The fraction of sp³-hybridized carbons (Fsp3) is 0.316. The van der Waals surface area contributed by atoms with Crippen LogP contribution in [-0.2, 0) is 6.42 Å². The van der Waals surface area contributed by atoms with Gasteiger partial charge in [0.25, 0.3) is 0 Å². The van der Waals surface area contributed by atoms with Crippen LogP contribution in [0.4, 0.5) is 0 Å². The maximum atomic E-state index is 12.4. The molecule has 0 amide bonds. The molecule has 2 aromatic rings. The molecule has 0 heterocycles. The second kappa shape index (κ2) is 6.57. The van der Waals surface area contributed by atoms with E-state index in [2.05, 4.69) is 13.0 Å². The Bertz CT molecular complexity index is 627. The molecule has 1 atom stereocenters. The summed E-state index contributed by atoms with van der Waals surface area (Å²) in [6.07, 6.45) is 0.488. The first-order valence-corrected chi connectivity index (χ1v) is 7.38. The smallest absolute Gasteiger partial charge is 0.202 e. The average molecular weight is 282 g/mol. The Morgan fingerprint density at radius 2 is 1.76 bits per heavy atom. The molecule has 2 nitrogen and oxygen atoms in total. The number of rotatable bonds is 5. The van der Waals surface area contributed by atoms with Gasteiger partial charge in [-0.2, -0.15) is 0 Å². The van der Waals surface area contributed by atoms with Crippen molar-refractivity contribution in [1.82, 2.24) is 0 Å². The van der Waals surface area contributed by atoms with E-state index in [-0.39, 0.29) is 5.78 Å². The average Bonchev–Trinajstić information content (AvgIpc) is 2.49. The molecular weight excluding hydrogens is 260 g/mol. The summed E-state index contributed by atoms with van der Waals surface area (Å²) in [7, 11) is 0. The minimum absolute atomic E-state index is 0.0117. The van der Waals surface area contributed by atoms with Crippen LogP contribution in [-0.4, -0.2) is 11.9 Å². The normalized spacial score (nSPS) is 12.0. The molecule has 0 N–H and O–H groups in total. The van der Waals surface area contributed by atoms with Crippen LogP contribution in [0.25, 0.3) is 0 Å². The van der Waals surface area contributed by atoms with Crippen LogP contribution in [0.15, 0.2) is 42.5 Å². The van der Waals surface area contributed by atoms with Gasteiger partial charge in [-0.3, -0.25) is 4.79 Å². The summed E-state index contributed by atoms with van der Waals surface area (Å²) >= 11 is 0. The van der Waals surface area contributed by atoms with Crippen LogP contribution < -0.4 is 4.74 Å². The fourth-order valence-corrected chi connectivity index (χ4v) is 2.31. The Kier molecular flexibility index (Phi) is 4.79. The molecule has 110 valence electrons. The number of ketones is 1. The second-order valence-electron chi connectivity index (χ2n) is 5.44. The third kappa shape index (κ3) is 3.72. The lowest BCUT2D eigenvalue weighted by molar-refractivity contribution is 0.0817. The van der Waals surface area contributed by atoms with E-state index >= 15 is 0 Å². The molecule has 0 aliphatic heterocycles. The minimum Gasteiger partial charge on any atom is -0.482 e. The molecule has 1 unspecified atom stereocenters. The molecule has 2 rings (SSSR count). The largest absolute Gasteiger partial charge is 0.482 e. The van der Waals surface area contributed by atoms with Crippen LogP contribution in [0.3, 0.4) is 0 Å². The van der Waals surface area contributed by atoms with Gasteiger partial charge >= 0.3 is 0 Å². The molecule has 0 bridgehead atoms. The quantitative estimate of drug-likeness (QED) is 0.754. The van der Waals surface area contributed by atoms with E-state index in [1.54, 1.807) is 6.92 Å². The molecule has 2 heteroatoms. The van der Waals surface area contributed by atoms with Crippen molar-refractivity contribution in [1.29, 1.82) is 0 Å². The lowest BCUT2D eigenvalue weighted by Gasteiger charge is -2.16. The summed E-state index contributed by atoms with van der Waals surface area (Å²) in [6, 6.07) is 13.7. The van der Waals surface area contributed by atoms with Crippen molar-refractivity contribution in [3.8, 4) is 5.75 Å². The SMILES string of the molecule is CCc1ccc(C(=O)C(C)Oc2ccc(C)cc2C)cc1. The van der Waals surface area contributed by atoms with Crippen LogP contribution in [0.2, 0.25) is 0 Å². The monoisotopic (exact) mass is 282 g/mol. The summed E-state index contributed by atoms with van der Waals surface area (Å²) in [4.78, 5) is 12.4. The van der Waals surface area contributed by atoms with Crippen molar-refractivity contribution in [3.63, 3.8) is 0 Å². The number of benzene rings is 2. The molecular formula is C19H22O2. The number of carbonyl (C=O) groups is 1. The van der Waals surface area contributed by atoms with E-state index < -0.39 is 6.10 Å². The summed E-state index contributed by atoms with van der Waals surface area (Å²) in [5.41, 5.74) is 4.17.